The van der Waals surface area contributed by atoms with Crippen LogP contribution in [0.4, 0.5) is 0 Å². The van der Waals surface area contributed by atoms with Gasteiger partial charge in [-0.15, -0.1) is 18.3 Å². The molecule has 0 unspecified atom stereocenters. The van der Waals surface area contributed by atoms with E-state index in [1.807, 2.05) is 6.08 Å². The van der Waals surface area contributed by atoms with Gasteiger partial charge in [-0.25, -0.2) is 4.99 Å². The van der Waals surface area contributed by atoms with Gasteiger partial charge in [-0.3, -0.25) is 0 Å². The fraction of sp³-hybridized carbons (Fsp3) is 0.400. The first-order valence-corrected chi connectivity index (χ1v) is 7.70. The van der Waals surface area contributed by atoms with E-state index in [9.17, 15) is 0 Å². The minimum absolute atomic E-state index is 0.683. The smallest absolute Gasteiger partial charge is 0.191 e. The van der Waals surface area contributed by atoms with Gasteiger partial charge in [0, 0.05) is 18.0 Å². The molecule has 0 spiro atoms. The van der Waals surface area contributed by atoms with Gasteiger partial charge in [-0.05, 0) is 37.3 Å². The number of nitrogens with one attached hydrogen (secondary N) is 2. The van der Waals surface area contributed by atoms with Crippen LogP contribution in [0, 0.1) is 6.92 Å². The van der Waals surface area contributed by atoms with Crippen molar-refractivity contribution in [2.24, 2.45) is 4.99 Å². The Hall–Kier alpha value is -1.42. The molecule has 3 nitrogen and oxygen atoms in total. The van der Waals surface area contributed by atoms with Crippen LogP contribution < -0.4 is 10.6 Å². The van der Waals surface area contributed by atoms with E-state index in [-0.39, 0.29) is 0 Å². The highest BCUT2D eigenvalue weighted by Crippen LogP contribution is 2.22. The highest BCUT2D eigenvalue weighted by Gasteiger charge is 2.02. The van der Waals surface area contributed by atoms with Crippen molar-refractivity contribution in [1.29, 1.82) is 0 Å². The predicted molar refractivity (Wildman–Crippen MR) is 86.0 cm³/mol. The van der Waals surface area contributed by atoms with E-state index in [0.29, 0.717) is 6.54 Å². The molecule has 0 heterocycles. The van der Waals surface area contributed by atoms with Crippen molar-refractivity contribution in [2.45, 2.75) is 25.3 Å². The van der Waals surface area contributed by atoms with Crippen LogP contribution in [0.1, 0.15) is 18.1 Å². The first kappa shape index (κ1) is 15.6. The molecule has 0 atom stereocenters. The molecule has 4 heteroatoms. The molecule has 0 fully saturated rings. The van der Waals surface area contributed by atoms with Gasteiger partial charge >= 0.3 is 0 Å². The van der Waals surface area contributed by atoms with Gasteiger partial charge in [0.2, 0.25) is 0 Å². The third-order valence-electron chi connectivity index (χ3n) is 2.61. The molecule has 0 amide bonds. The monoisotopic (exact) mass is 277 g/mol. The van der Waals surface area contributed by atoms with Crippen molar-refractivity contribution in [3.63, 3.8) is 0 Å². The fourth-order valence-electron chi connectivity index (χ4n) is 1.66. The second-order valence-corrected chi connectivity index (χ2v) is 5.03. The van der Waals surface area contributed by atoms with E-state index >= 15 is 0 Å². The number of thioether (sulfide) groups is 1. The predicted octanol–water partition coefficient (Wildman–Crippen LogP) is 2.96. The lowest BCUT2D eigenvalue weighted by molar-refractivity contribution is 0.856. The molecule has 0 aliphatic carbocycles. The Morgan fingerprint density at radius 3 is 2.84 bits per heavy atom. The van der Waals surface area contributed by atoms with Crippen LogP contribution in [0.15, 0.2) is 40.7 Å². The molecule has 0 aromatic heterocycles. The molecular formula is C15H23N3S. The third-order valence-corrected chi connectivity index (χ3v) is 3.43. The normalized spacial score (nSPS) is 11.2. The zero-order valence-corrected chi connectivity index (χ0v) is 12.8. The number of rotatable bonds is 6. The zero-order valence-electron chi connectivity index (χ0n) is 12.0. The number of guanidine groups is 1. The first-order chi connectivity index (χ1) is 9.21. The zero-order chi connectivity index (χ0) is 14.1. The van der Waals surface area contributed by atoms with E-state index in [0.717, 1.165) is 19.0 Å². The average molecular weight is 277 g/mol. The summed E-state index contributed by atoms with van der Waals surface area (Å²) < 4.78 is 0. The maximum absolute atomic E-state index is 4.59. The molecule has 19 heavy (non-hydrogen) atoms. The van der Waals surface area contributed by atoms with Crippen LogP contribution in [0.2, 0.25) is 0 Å². The molecule has 0 aliphatic rings. The van der Waals surface area contributed by atoms with E-state index in [2.05, 4.69) is 60.5 Å². The Morgan fingerprint density at radius 1 is 1.42 bits per heavy atom. The molecule has 1 aromatic carbocycles. The van der Waals surface area contributed by atoms with Crippen molar-refractivity contribution in [3.8, 4) is 0 Å². The lowest BCUT2D eigenvalue weighted by Crippen LogP contribution is -2.37. The molecule has 104 valence electrons. The summed E-state index contributed by atoms with van der Waals surface area (Å²) in [7, 11) is 0. The standard InChI is InChI=1S/C15H23N3S/c1-5-9-17-15(16-6-2)18-11-13-8-7-12(3)10-14(13)19-4/h5,7-8,10H,1,6,9,11H2,2-4H3,(H2,16,17,18). The number of hydrogen-bond donors (Lipinski definition) is 2. The van der Waals surface area contributed by atoms with E-state index < -0.39 is 0 Å². The van der Waals surface area contributed by atoms with Crippen LogP contribution in [0.25, 0.3) is 0 Å². The van der Waals surface area contributed by atoms with Gasteiger partial charge in [0.1, 0.15) is 0 Å². The van der Waals surface area contributed by atoms with Crippen molar-refractivity contribution in [2.75, 3.05) is 19.3 Å². The van der Waals surface area contributed by atoms with Crippen LogP contribution in [-0.2, 0) is 6.54 Å². The van der Waals surface area contributed by atoms with Crippen LogP contribution in [0.3, 0.4) is 0 Å². The minimum atomic E-state index is 0.683. The Balaban J connectivity index is 2.78. The van der Waals surface area contributed by atoms with E-state index in [4.69, 9.17) is 0 Å². The second kappa shape index (κ2) is 8.64. The SMILES string of the molecule is C=CCNC(=NCc1ccc(C)cc1SC)NCC. The number of hydrogen-bond acceptors (Lipinski definition) is 2. The summed E-state index contributed by atoms with van der Waals surface area (Å²) in [4.78, 5) is 5.89. The molecule has 0 bridgehead atoms. The quantitative estimate of drug-likeness (QED) is 0.363. The number of benzene rings is 1. The van der Waals surface area contributed by atoms with Crippen LogP contribution in [-0.4, -0.2) is 25.3 Å². The summed E-state index contributed by atoms with van der Waals surface area (Å²) in [6.45, 7) is 10.1. The summed E-state index contributed by atoms with van der Waals surface area (Å²) in [5.74, 6) is 0.829. The largest absolute Gasteiger partial charge is 0.357 e. The molecule has 0 saturated heterocycles. The van der Waals surface area contributed by atoms with E-state index in [1.165, 1.54) is 16.0 Å². The van der Waals surface area contributed by atoms with Gasteiger partial charge in [-0.1, -0.05) is 18.2 Å². The Bertz CT molecular complexity index is 441. The number of nitrogens with zero attached hydrogens (tertiary/aromatic N) is 1. The van der Waals surface area contributed by atoms with E-state index in [1.54, 1.807) is 11.8 Å². The van der Waals surface area contributed by atoms with Gasteiger partial charge in [-0.2, -0.15) is 0 Å². The first-order valence-electron chi connectivity index (χ1n) is 6.47. The summed E-state index contributed by atoms with van der Waals surface area (Å²) in [5.41, 5.74) is 2.54. The summed E-state index contributed by atoms with van der Waals surface area (Å²) >= 11 is 1.77. The summed E-state index contributed by atoms with van der Waals surface area (Å²) in [5, 5.41) is 6.42. The van der Waals surface area contributed by atoms with Crippen molar-refractivity contribution >= 4 is 17.7 Å². The molecule has 1 aromatic rings. The topological polar surface area (TPSA) is 36.4 Å². The number of aliphatic imine (C=N–C) groups is 1. The molecule has 2 N–H and O–H groups in total. The molecule has 0 aliphatic heterocycles. The lowest BCUT2D eigenvalue weighted by Gasteiger charge is -2.11. The second-order valence-electron chi connectivity index (χ2n) is 4.18. The van der Waals surface area contributed by atoms with Crippen molar-refractivity contribution in [1.82, 2.24) is 10.6 Å². The molecular weight excluding hydrogens is 254 g/mol. The third kappa shape index (κ3) is 5.39. The Morgan fingerprint density at radius 2 is 2.21 bits per heavy atom. The van der Waals surface area contributed by atoms with Gasteiger partial charge in [0.05, 0.1) is 6.54 Å². The maximum Gasteiger partial charge on any atom is 0.191 e. The van der Waals surface area contributed by atoms with Crippen LogP contribution >= 0.6 is 11.8 Å². The average Bonchev–Trinajstić information content (AvgIpc) is 2.42. The van der Waals surface area contributed by atoms with Gasteiger partial charge < -0.3 is 10.6 Å². The fourth-order valence-corrected chi connectivity index (χ4v) is 2.36. The highest BCUT2D eigenvalue weighted by molar-refractivity contribution is 7.98. The lowest BCUT2D eigenvalue weighted by atomic mass is 10.1. The van der Waals surface area contributed by atoms with Crippen molar-refractivity contribution in [3.05, 3.63) is 42.0 Å². The molecule has 1 rings (SSSR count). The Labute approximate surface area is 120 Å². The summed E-state index contributed by atoms with van der Waals surface area (Å²) in [6.07, 6.45) is 3.93. The Kier molecular flexibility index (Phi) is 7.11. The maximum atomic E-state index is 4.59. The van der Waals surface area contributed by atoms with Gasteiger partial charge in [0.15, 0.2) is 5.96 Å². The molecule has 0 radical (unpaired) electrons. The summed E-state index contributed by atoms with van der Waals surface area (Å²) in [6, 6.07) is 6.50. The number of aryl methyl sites for hydroxylation is 1. The van der Waals surface area contributed by atoms with Crippen LogP contribution in [0.5, 0.6) is 0 Å². The van der Waals surface area contributed by atoms with Crippen molar-refractivity contribution < 1.29 is 0 Å². The van der Waals surface area contributed by atoms with Gasteiger partial charge in [0.25, 0.3) is 0 Å². The molecule has 0 saturated carbocycles. The minimum Gasteiger partial charge on any atom is -0.357 e. The highest BCUT2D eigenvalue weighted by atomic mass is 32.2.